The average molecular weight is 314 g/mol. The van der Waals surface area contributed by atoms with Crippen LogP contribution in [-0.4, -0.2) is 11.9 Å². The number of hydrogen-bond acceptors (Lipinski definition) is 2. The Morgan fingerprint density at radius 1 is 1.04 bits per heavy atom. The minimum Gasteiger partial charge on any atom is -0.349 e. The van der Waals surface area contributed by atoms with E-state index in [0.717, 1.165) is 27.1 Å². The van der Waals surface area contributed by atoms with Gasteiger partial charge in [-0.05, 0) is 53.1 Å². The SMILES string of the molecule is CC(C)NC(=O)C(C#N)=Cc1c2ccccc2cc2ccccc12. The molecule has 0 heterocycles. The lowest BCUT2D eigenvalue weighted by atomic mass is 9.95. The van der Waals surface area contributed by atoms with Crippen LogP contribution in [0.15, 0.2) is 60.2 Å². The molecule has 0 aliphatic heterocycles. The van der Waals surface area contributed by atoms with Crippen molar-refractivity contribution in [2.45, 2.75) is 19.9 Å². The highest BCUT2D eigenvalue weighted by Crippen LogP contribution is 2.30. The monoisotopic (exact) mass is 314 g/mol. The Hall–Kier alpha value is -3.12. The standard InChI is InChI=1S/C21H18N2O/c1-14(2)23-21(24)17(13-22)12-20-18-9-5-3-7-15(18)11-16-8-4-6-10-19(16)20/h3-12,14H,1-2H3,(H,23,24). The molecule has 0 saturated heterocycles. The first-order valence-corrected chi connectivity index (χ1v) is 7.93. The first kappa shape index (κ1) is 15.8. The van der Waals surface area contributed by atoms with E-state index in [0.29, 0.717) is 0 Å². The van der Waals surface area contributed by atoms with Gasteiger partial charge < -0.3 is 5.32 Å². The Bertz CT molecular complexity index is 940. The molecule has 1 N–H and O–H groups in total. The molecule has 0 spiro atoms. The Morgan fingerprint density at radius 3 is 2.08 bits per heavy atom. The smallest absolute Gasteiger partial charge is 0.262 e. The van der Waals surface area contributed by atoms with Crippen LogP contribution in [0.25, 0.3) is 27.6 Å². The Labute approximate surface area is 141 Å². The van der Waals surface area contributed by atoms with Gasteiger partial charge in [-0.1, -0.05) is 48.5 Å². The number of nitrogens with zero attached hydrogens (tertiary/aromatic N) is 1. The third kappa shape index (κ3) is 3.00. The Balaban J connectivity index is 2.28. The molecule has 0 fully saturated rings. The van der Waals surface area contributed by atoms with Crippen molar-refractivity contribution in [1.82, 2.24) is 5.32 Å². The molecule has 0 bridgehead atoms. The number of amides is 1. The predicted molar refractivity (Wildman–Crippen MR) is 98.3 cm³/mol. The summed E-state index contributed by atoms with van der Waals surface area (Å²) in [6.07, 6.45) is 1.70. The van der Waals surface area contributed by atoms with Crippen molar-refractivity contribution in [2.75, 3.05) is 0 Å². The van der Waals surface area contributed by atoms with Crippen LogP contribution >= 0.6 is 0 Å². The lowest BCUT2D eigenvalue weighted by Crippen LogP contribution is -2.30. The molecule has 0 unspecified atom stereocenters. The fourth-order valence-corrected chi connectivity index (χ4v) is 2.84. The summed E-state index contributed by atoms with van der Waals surface area (Å²) in [6.45, 7) is 3.75. The number of rotatable bonds is 3. The van der Waals surface area contributed by atoms with Gasteiger partial charge in [0.1, 0.15) is 11.6 Å². The zero-order chi connectivity index (χ0) is 17.1. The Kier molecular flexibility index (Phi) is 4.31. The maximum atomic E-state index is 12.3. The molecule has 3 nitrogen and oxygen atoms in total. The van der Waals surface area contributed by atoms with Gasteiger partial charge in [-0.15, -0.1) is 0 Å². The highest BCUT2D eigenvalue weighted by atomic mass is 16.1. The van der Waals surface area contributed by atoms with Crippen LogP contribution < -0.4 is 5.32 Å². The summed E-state index contributed by atoms with van der Waals surface area (Å²) < 4.78 is 0. The first-order valence-electron chi connectivity index (χ1n) is 7.93. The molecule has 0 aliphatic rings. The van der Waals surface area contributed by atoms with Crippen LogP contribution in [0.4, 0.5) is 0 Å². The minimum absolute atomic E-state index is 0.0153. The summed E-state index contributed by atoms with van der Waals surface area (Å²) in [5.41, 5.74) is 1.02. The summed E-state index contributed by atoms with van der Waals surface area (Å²) in [5, 5.41) is 16.4. The second kappa shape index (κ2) is 6.55. The van der Waals surface area contributed by atoms with Gasteiger partial charge in [0, 0.05) is 6.04 Å². The topological polar surface area (TPSA) is 52.9 Å². The van der Waals surface area contributed by atoms with Crippen LogP contribution in [0.2, 0.25) is 0 Å². The predicted octanol–water partition coefficient (Wildman–Crippen LogP) is 4.42. The van der Waals surface area contributed by atoms with Gasteiger partial charge in [-0.3, -0.25) is 4.79 Å². The third-order valence-corrected chi connectivity index (χ3v) is 3.89. The molecular formula is C21H18N2O. The summed E-state index contributed by atoms with van der Waals surface area (Å²) in [4.78, 5) is 12.3. The molecule has 3 heteroatoms. The Morgan fingerprint density at radius 2 is 1.58 bits per heavy atom. The molecular weight excluding hydrogens is 296 g/mol. The number of benzene rings is 3. The van der Waals surface area contributed by atoms with Crippen LogP contribution in [0.5, 0.6) is 0 Å². The quantitative estimate of drug-likeness (QED) is 0.442. The molecule has 118 valence electrons. The van der Waals surface area contributed by atoms with Crippen LogP contribution in [-0.2, 0) is 4.79 Å². The number of fused-ring (bicyclic) bond motifs is 2. The molecule has 1 amide bonds. The summed E-state index contributed by atoms with van der Waals surface area (Å²) >= 11 is 0. The van der Waals surface area contributed by atoms with Gasteiger partial charge >= 0.3 is 0 Å². The normalized spacial score (nSPS) is 11.7. The second-order valence-corrected chi connectivity index (χ2v) is 6.03. The van der Waals surface area contributed by atoms with Crippen molar-refractivity contribution in [3.8, 4) is 6.07 Å². The molecule has 3 aromatic rings. The molecule has 0 saturated carbocycles. The van der Waals surface area contributed by atoms with Gasteiger partial charge in [0.05, 0.1) is 0 Å². The van der Waals surface area contributed by atoms with Gasteiger partial charge in [0.2, 0.25) is 0 Å². The molecule has 0 aliphatic carbocycles. The molecule has 0 aromatic heterocycles. The van der Waals surface area contributed by atoms with Crippen LogP contribution in [0.1, 0.15) is 19.4 Å². The van der Waals surface area contributed by atoms with Gasteiger partial charge in [0.15, 0.2) is 0 Å². The molecule has 24 heavy (non-hydrogen) atoms. The van der Waals surface area contributed by atoms with E-state index in [4.69, 9.17) is 0 Å². The molecule has 3 aromatic carbocycles. The molecule has 0 radical (unpaired) electrons. The van der Waals surface area contributed by atoms with Gasteiger partial charge in [-0.25, -0.2) is 0 Å². The van der Waals surface area contributed by atoms with E-state index in [2.05, 4.69) is 11.4 Å². The molecule has 3 rings (SSSR count). The van der Waals surface area contributed by atoms with E-state index < -0.39 is 0 Å². The highest BCUT2D eigenvalue weighted by molar-refractivity contribution is 6.11. The van der Waals surface area contributed by atoms with Crippen molar-refractivity contribution in [3.05, 3.63) is 65.7 Å². The summed E-state index contributed by atoms with van der Waals surface area (Å²) in [6, 6.07) is 20.2. The highest BCUT2D eigenvalue weighted by Gasteiger charge is 2.12. The summed E-state index contributed by atoms with van der Waals surface area (Å²) in [5.74, 6) is -0.343. The maximum Gasteiger partial charge on any atom is 0.262 e. The number of hydrogen-bond donors (Lipinski definition) is 1. The van der Waals surface area contributed by atoms with Gasteiger partial charge in [-0.2, -0.15) is 5.26 Å². The lowest BCUT2D eigenvalue weighted by molar-refractivity contribution is -0.117. The van der Waals surface area contributed by atoms with Crippen molar-refractivity contribution in [3.63, 3.8) is 0 Å². The number of carbonyl (C=O) groups is 1. The fraction of sp³-hybridized carbons (Fsp3) is 0.143. The van der Waals surface area contributed by atoms with E-state index in [1.807, 2.05) is 68.4 Å². The zero-order valence-corrected chi connectivity index (χ0v) is 13.7. The van der Waals surface area contributed by atoms with Crippen molar-refractivity contribution in [2.24, 2.45) is 0 Å². The van der Waals surface area contributed by atoms with Crippen LogP contribution in [0.3, 0.4) is 0 Å². The molecule has 0 atom stereocenters. The second-order valence-electron chi connectivity index (χ2n) is 6.03. The third-order valence-electron chi connectivity index (χ3n) is 3.89. The van der Waals surface area contributed by atoms with E-state index in [1.54, 1.807) is 6.08 Å². The summed E-state index contributed by atoms with van der Waals surface area (Å²) in [7, 11) is 0. The maximum absolute atomic E-state index is 12.3. The first-order chi connectivity index (χ1) is 11.6. The number of carbonyl (C=O) groups excluding carboxylic acids is 1. The largest absolute Gasteiger partial charge is 0.349 e. The van der Waals surface area contributed by atoms with Crippen molar-refractivity contribution < 1.29 is 4.79 Å². The van der Waals surface area contributed by atoms with Gasteiger partial charge in [0.25, 0.3) is 5.91 Å². The minimum atomic E-state index is -0.343. The van der Waals surface area contributed by atoms with Crippen LogP contribution in [0, 0.1) is 11.3 Å². The van der Waals surface area contributed by atoms with E-state index in [1.165, 1.54) is 0 Å². The lowest BCUT2D eigenvalue weighted by Gasteiger charge is -2.10. The fourth-order valence-electron chi connectivity index (χ4n) is 2.84. The average Bonchev–Trinajstić information content (AvgIpc) is 2.57. The number of nitriles is 1. The zero-order valence-electron chi connectivity index (χ0n) is 13.7. The van der Waals surface area contributed by atoms with E-state index in [-0.39, 0.29) is 17.5 Å². The van der Waals surface area contributed by atoms with Crippen molar-refractivity contribution >= 4 is 33.5 Å². The van der Waals surface area contributed by atoms with E-state index >= 15 is 0 Å². The number of nitrogens with one attached hydrogen (secondary N) is 1. The van der Waals surface area contributed by atoms with Crippen molar-refractivity contribution in [1.29, 1.82) is 5.26 Å². The van der Waals surface area contributed by atoms with E-state index in [9.17, 15) is 10.1 Å².